The minimum Gasteiger partial charge on any atom is -0.308 e. The number of thiazole rings is 1. The molecular formula is C18H14N4OS. The molecular weight excluding hydrogens is 320 g/mol. The molecule has 0 aliphatic carbocycles. The number of aryl methyl sites for hydroxylation is 1. The van der Waals surface area contributed by atoms with Crippen LogP contribution in [-0.2, 0) is 0 Å². The number of benzene rings is 2. The topological polar surface area (TPSA) is 74.5 Å². The summed E-state index contributed by atoms with van der Waals surface area (Å²) in [6.07, 6.45) is 1.09. The third kappa shape index (κ3) is 2.28. The van der Waals surface area contributed by atoms with Gasteiger partial charge in [0, 0.05) is 11.8 Å². The summed E-state index contributed by atoms with van der Waals surface area (Å²) < 4.78 is 2.45. The van der Waals surface area contributed by atoms with E-state index in [9.17, 15) is 4.79 Å². The second-order valence-electron chi connectivity index (χ2n) is 5.52. The van der Waals surface area contributed by atoms with E-state index in [4.69, 9.17) is 5.41 Å². The van der Waals surface area contributed by atoms with Gasteiger partial charge in [0.25, 0.3) is 5.56 Å². The van der Waals surface area contributed by atoms with Gasteiger partial charge in [-0.1, -0.05) is 47.7 Å². The number of nitrogens with zero attached hydrogens (tertiary/aromatic N) is 2. The largest absolute Gasteiger partial charge is 0.308 e. The van der Waals surface area contributed by atoms with Crippen molar-refractivity contribution < 1.29 is 0 Å². The Morgan fingerprint density at radius 2 is 2.00 bits per heavy atom. The minimum absolute atomic E-state index is 0.264. The lowest BCUT2D eigenvalue weighted by Crippen LogP contribution is -2.16. The number of aromatic nitrogens is 3. The highest BCUT2D eigenvalue weighted by atomic mass is 32.1. The van der Waals surface area contributed by atoms with Crippen molar-refractivity contribution in [2.45, 2.75) is 6.92 Å². The summed E-state index contributed by atoms with van der Waals surface area (Å²) in [7, 11) is 0. The van der Waals surface area contributed by atoms with Crippen molar-refractivity contribution >= 4 is 27.8 Å². The van der Waals surface area contributed by atoms with Crippen molar-refractivity contribution in [1.82, 2.24) is 14.8 Å². The molecule has 0 saturated carbocycles. The van der Waals surface area contributed by atoms with Gasteiger partial charge in [-0.2, -0.15) is 4.68 Å². The van der Waals surface area contributed by atoms with Gasteiger partial charge in [0.15, 0.2) is 0 Å². The first kappa shape index (κ1) is 14.6. The Morgan fingerprint density at radius 3 is 2.75 bits per heavy atom. The molecule has 24 heavy (non-hydrogen) atoms. The molecule has 118 valence electrons. The SMILES string of the molecule is Cc1ccc2nc(-n3[nH]c(-c4ccccc4)c(C=N)c3=O)sc2c1. The van der Waals surface area contributed by atoms with Crippen LogP contribution >= 0.6 is 11.3 Å². The van der Waals surface area contributed by atoms with Gasteiger partial charge in [0.1, 0.15) is 0 Å². The lowest BCUT2D eigenvalue weighted by Gasteiger charge is -1.98. The summed E-state index contributed by atoms with van der Waals surface area (Å²) in [6.45, 7) is 2.03. The van der Waals surface area contributed by atoms with Crippen molar-refractivity contribution in [3.8, 4) is 16.4 Å². The van der Waals surface area contributed by atoms with Crippen LogP contribution in [0.15, 0.2) is 53.3 Å². The number of hydrogen-bond donors (Lipinski definition) is 2. The van der Waals surface area contributed by atoms with Crippen molar-refractivity contribution in [3.05, 3.63) is 70.0 Å². The number of hydrogen-bond acceptors (Lipinski definition) is 4. The smallest absolute Gasteiger partial charge is 0.282 e. The fourth-order valence-corrected chi connectivity index (χ4v) is 3.68. The van der Waals surface area contributed by atoms with E-state index in [1.165, 1.54) is 16.0 Å². The van der Waals surface area contributed by atoms with Gasteiger partial charge in [-0.3, -0.25) is 9.89 Å². The van der Waals surface area contributed by atoms with Gasteiger partial charge in [-0.15, -0.1) is 0 Å². The average molecular weight is 334 g/mol. The first-order valence-electron chi connectivity index (χ1n) is 7.46. The lowest BCUT2D eigenvalue weighted by molar-refractivity contribution is 0.845. The summed E-state index contributed by atoms with van der Waals surface area (Å²) in [4.78, 5) is 17.2. The number of fused-ring (bicyclic) bond motifs is 1. The van der Waals surface area contributed by atoms with Crippen molar-refractivity contribution in [3.63, 3.8) is 0 Å². The Hall–Kier alpha value is -2.99. The van der Waals surface area contributed by atoms with Gasteiger partial charge in [0.05, 0.1) is 21.5 Å². The molecule has 4 rings (SSSR count). The van der Waals surface area contributed by atoms with Crippen LogP contribution in [0.2, 0.25) is 0 Å². The van der Waals surface area contributed by atoms with Gasteiger partial charge in [0.2, 0.25) is 5.13 Å². The van der Waals surface area contributed by atoms with Crippen LogP contribution in [-0.4, -0.2) is 21.0 Å². The third-order valence-electron chi connectivity index (χ3n) is 3.86. The van der Waals surface area contributed by atoms with Crippen molar-refractivity contribution in [1.29, 1.82) is 5.41 Å². The Balaban J connectivity index is 1.93. The molecule has 2 heterocycles. The maximum Gasteiger partial charge on any atom is 0.282 e. The van der Waals surface area contributed by atoms with Crippen LogP contribution in [0.25, 0.3) is 26.6 Å². The van der Waals surface area contributed by atoms with Crippen LogP contribution < -0.4 is 5.56 Å². The van der Waals surface area contributed by atoms with Crippen LogP contribution in [0.4, 0.5) is 0 Å². The van der Waals surface area contributed by atoms with Crippen LogP contribution in [0, 0.1) is 12.3 Å². The molecule has 0 radical (unpaired) electrons. The van der Waals surface area contributed by atoms with E-state index in [1.54, 1.807) is 0 Å². The second-order valence-corrected chi connectivity index (χ2v) is 6.53. The monoisotopic (exact) mass is 334 g/mol. The number of aromatic amines is 1. The molecule has 0 aliphatic rings. The molecule has 0 spiro atoms. The predicted octanol–water partition coefficient (Wildman–Crippen LogP) is 3.75. The highest BCUT2D eigenvalue weighted by Crippen LogP contribution is 2.26. The van der Waals surface area contributed by atoms with Gasteiger partial charge < -0.3 is 5.41 Å². The molecule has 0 unspecified atom stereocenters. The zero-order valence-electron chi connectivity index (χ0n) is 12.9. The number of nitrogens with one attached hydrogen (secondary N) is 2. The molecule has 4 aromatic rings. The van der Waals surface area contributed by atoms with Crippen LogP contribution in [0.1, 0.15) is 11.1 Å². The van der Waals surface area contributed by atoms with E-state index in [2.05, 4.69) is 16.1 Å². The predicted molar refractivity (Wildman–Crippen MR) is 97.6 cm³/mol. The molecule has 0 saturated heterocycles. The Bertz CT molecular complexity index is 1110. The van der Waals surface area contributed by atoms with Crippen LogP contribution in [0.5, 0.6) is 0 Å². The van der Waals surface area contributed by atoms with Gasteiger partial charge >= 0.3 is 0 Å². The molecule has 0 aliphatic heterocycles. The Morgan fingerprint density at radius 1 is 1.21 bits per heavy atom. The Labute approximate surface area is 141 Å². The van der Waals surface area contributed by atoms with E-state index < -0.39 is 0 Å². The highest BCUT2D eigenvalue weighted by molar-refractivity contribution is 7.20. The molecule has 0 amide bonds. The molecule has 6 heteroatoms. The van der Waals surface area contributed by atoms with Crippen molar-refractivity contribution in [2.24, 2.45) is 0 Å². The van der Waals surface area contributed by atoms with E-state index in [1.807, 2.05) is 49.4 Å². The minimum atomic E-state index is -0.264. The zero-order chi connectivity index (χ0) is 16.7. The lowest BCUT2D eigenvalue weighted by atomic mass is 10.1. The quantitative estimate of drug-likeness (QED) is 0.560. The average Bonchev–Trinajstić information content (AvgIpc) is 3.15. The molecule has 0 fully saturated rings. The molecule has 0 bridgehead atoms. The fraction of sp³-hybridized carbons (Fsp3) is 0.0556. The fourth-order valence-electron chi connectivity index (χ4n) is 2.66. The van der Waals surface area contributed by atoms with E-state index in [0.717, 1.165) is 27.6 Å². The highest BCUT2D eigenvalue weighted by Gasteiger charge is 2.17. The zero-order valence-corrected chi connectivity index (χ0v) is 13.7. The van der Waals surface area contributed by atoms with Crippen LogP contribution in [0.3, 0.4) is 0 Å². The summed E-state index contributed by atoms with van der Waals surface area (Å²) in [6, 6.07) is 15.5. The van der Waals surface area contributed by atoms with E-state index in [0.29, 0.717) is 16.4 Å². The third-order valence-corrected chi connectivity index (χ3v) is 4.86. The Kier molecular flexibility index (Phi) is 3.39. The number of H-pyrrole nitrogens is 1. The second kappa shape index (κ2) is 5.58. The first-order chi connectivity index (χ1) is 11.7. The van der Waals surface area contributed by atoms with E-state index in [-0.39, 0.29) is 5.56 Å². The summed E-state index contributed by atoms with van der Waals surface area (Å²) in [5, 5.41) is 11.3. The molecule has 0 atom stereocenters. The van der Waals surface area contributed by atoms with Crippen molar-refractivity contribution in [2.75, 3.05) is 0 Å². The molecule has 2 aromatic carbocycles. The molecule has 5 nitrogen and oxygen atoms in total. The maximum atomic E-state index is 12.7. The van der Waals surface area contributed by atoms with Gasteiger partial charge in [-0.05, 0) is 24.6 Å². The summed E-state index contributed by atoms with van der Waals surface area (Å²) >= 11 is 1.45. The van der Waals surface area contributed by atoms with Gasteiger partial charge in [-0.25, -0.2) is 4.98 Å². The normalized spacial score (nSPS) is 11.0. The molecule has 2 N–H and O–H groups in total. The summed E-state index contributed by atoms with van der Waals surface area (Å²) in [5.41, 5.74) is 3.58. The first-order valence-corrected chi connectivity index (χ1v) is 8.27. The van der Waals surface area contributed by atoms with E-state index >= 15 is 0 Å². The molecule has 2 aromatic heterocycles. The maximum absolute atomic E-state index is 12.7. The summed E-state index contributed by atoms with van der Waals surface area (Å²) in [5.74, 6) is 0. The standard InChI is InChI=1S/C18H14N4OS/c1-11-7-8-14-15(9-11)24-18(20-14)22-17(23)13(10-19)16(21-22)12-5-3-2-4-6-12/h2-10,19,21H,1H3. The number of rotatable bonds is 3.